The summed E-state index contributed by atoms with van der Waals surface area (Å²) in [6, 6.07) is 0. The van der Waals surface area contributed by atoms with Crippen molar-refractivity contribution < 1.29 is 5.11 Å². The van der Waals surface area contributed by atoms with Crippen LogP contribution in [0.25, 0.3) is 0 Å². The van der Waals surface area contributed by atoms with Crippen LogP contribution in [-0.4, -0.2) is 11.7 Å². The Balaban J connectivity index is 2.76. The van der Waals surface area contributed by atoms with Gasteiger partial charge in [-0.25, -0.2) is 0 Å². The molecule has 1 heteroatoms. The van der Waals surface area contributed by atoms with Gasteiger partial charge in [-0.2, -0.15) is 0 Å². The number of aliphatic hydroxyl groups excluding tert-OH is 1. The molecule has 0 spiro atoms. The Morgan fingerprint density at radius 1 is 1.71 bits per heavy atom. The summed E-state index contributed by atoms with van der Waals surface area (Å²) < 4.78 is 0. The van der Waals surface area contributed by atoms with E-state index in [0.29, 0.717) is 5.92 Å². The Kier molecular flexibility index (Phi) is 3.77. The number of terminal acetylenes is 1. The molecule has 0 aromatic heterocycles. The van der Waals surface area contributed by atoms with Crippen LogP contribution in [0.3, 0.4) is 0 Å². The molecule has 0 aromatic carbocycles. The first-order valence-electron chi connectivity index (χ1n) is 5.37. The zero-order chi connectivity index (χ0) is 10.6. The molecule has 1 rings (SSSR count). The molecule has 14 heavy (non-hydrogen) atoms. The second kappa shape index (κ2) is 4.66. The third-order valence-electron chi connectivity index (χ3n) is 3.57. The molecule has 0 radical (unpaired) electrons. The molecule has 0 heterocycles. The van der Waals surface area contributed by atoms with Crippen LogP contribution in [0.1, 0.15) is 39.5 Å². The molecular weight excluding hydrogens is 172 g/mol. The van der Waals surface area contributed by atoms with Gasteiger partial charge in [0.05, 0.1) is 6.61 Å². The van der Waals surface area contributed by atoms with Gasteiger partial charge < -0.3 is 5.11 Å². The van der Waals surface area contributed by atoms with Gasteiger partial charge in [-0.15, -0.1) is 12.3 Å². The van der Waals surface area contributed by atoms with Crippen LogP contribution >= 0.6 is 0 Å². The fraction of sp³-hybridized carbons (Fsp3) is 0.692. The second-order valence-electron chi connectivity index (χ2n) is 4.61. The average Bonchev–Trinajstić information content (AvgIpc) is 2.19. The van der Waals surface area contributed by atoms with Crippen LogP contribution in [-0.2, 0) is 0 Å². The standard InChI is InChI=1S/C13H20O/c1-4-5-8-13(3)9-12(10-14)7-6-11(13)2/h1,9,11,14H,5-8,10H2,2-3H3. The maximum absolute atomic E-state index is 9.13. The molecule has 1 aliphatic rings. The van der Waals surface area contributed by atoms with Crippen molar-refractivity contribution in [3.8, 4) is 12.3 Å². The van der Waals surface area contributed by atoms with Gasteiger partial charge >= 0.3 is 0 Å². The van der Waals surface area contributed by atoms with Crippen molar-refractivity contribution in [2.75, 3.05) is 6.61 Å². The van der Waals surface area contributed by atoms with Crippen LogP contribution in [0.2, 0.25) is 0 Å². The van der Waals surface area contributed by atoms with Crippen LogP contribution in [0, 0.1) is 23.7 Å². The van der Waals surface area contributed by atoms with E-state index in [1.165, 1.54) is 12.0 Å². The van der Waals surface area contributed by atoms with Gasteiger partial charge in [0, 0.05) is 6.42 Å². The zero-order valence-corrected chi connectivity index (χ0v) is 9.21. The summed E-state index contributed by atoms with van der Waals surface area (Å²) in [6.07, 6.45) is 11.6. The van der Waals surface area contributed by atoms with Crippen molar-refractivity contribution in [2.45, 2.75) is 39.5 Å². The molecule has 0 amide bonds. The lowest BCUT2D eigenvalue weighted by Crippen LogP contribution is -2.27. The molecule has 0 aliphatic heterocycles. The van der Waals surface area contributed by atoms with Crippen molar-refractivity contribution in [3.05, 3.63) is 11.6 Å². The minimum Gasteiger partial charge on any atom is -0.392 e. The lowest BCUT2D eigenvalue weighted by atomic mass is 9.68. The second-order valence-corrected chi connectivity index (χ2v) is 4.61. The van der Waals surface area contributed by atoms with Crippen molar-refractivity contribution in [2.24, 2.45) is 11.3 Å². The Morgan fingerprint density at radius 2 is 2.43 bits per heavy atom. The molecule has 0 saturated heterocycles. The summed E-state index contributed by atoms with van der Waals surface area (Å²) in [7, 11) is 0. The Labute approximate surface area is 87.2 Å². The van der Waals surface area contributed by atoms with E-state index < -0.39 is 0 Å². The molecule has 0 bridgehead atoms. The first-order valence-corrected chi connectivity index (χ1v) is 5.37. The van der Waals surface area contributed by atoms with Crippen LogP contribution in [0.15, 0.2) is 11.6 Å². The fourth-order valence-electron chi connectivity index (χ4n) is 2.20. The van der Waals surface area contributed by atoms with Gasteiger partial charge in [0.25, 0.3) is 0 Å². The van der Waals surface area contributed by atoms with E-state index in [-0.39, 0.29) is 12.0 Å². The summed E-state index contributed by atoms with van der Waals surface area (Å²) in [5.41, 5.74) is 1.38. The Morgan fingerprint density at radius 3 is 3.00 bits per heavy atom. The van der Waals surface area contributed by atoms with Crippen LogP contribution in [0.4, 0.5) is 0 Å². The van der Waals surface area contributed by atoms with Gasteiger partial charge in [0.1, 0.15) is 0 Å². The van der Waals surface area contributed by atoms with E-state index in [1.54, 1.807) is 0 Å². The monoisotopic (exact) mass is 192 g/mol. The minimum absolute atomic E-state index is 0.197. The molecule has 1 aliphatic carbocycles. The maximum Gasteiger partial charge on any atom is 0.0641 e. The number of hydrogen-bond donors (Lipinski definition) is 1. The largest absolute Gasteiger partial charge is 0.392 e. The molecular formula is C13H20O. The minimum atomic E-state index is 0.197. The van der Waals surface area contributed by atoms with Crippen molar-refractivity contribution >= 4 is 0 Å². The topological polar surface area (TPSA) is 20.2 Å². The summed E-state index contributed by atoms with van der Waals surface area (Å²) in [4.78, 5) is 0. The number of rotatable bonds is 3. The fourth-order valence-corrected chi connectivity index (χ4v) is 2.20. The van der Waals surface area contributed by atoms with Gasteiger partial charge in [0.2, 0.25) is 0 Å². The Bertz CT molecular complexity index is 259. The molecule has 1 nitrogen and oxygen atoms in total. The highest BCUT2D eigenvalue weighted by Crippen LogP contribution is 2.42. The predicted molar refractivity (Wildman–Crippen MR) is 59.7 cm³/mol. The van der Waals surface area contributed by atoms with E-state index in [1.807, 2.05) is 0 Å². The molecule has 2 atom stereocenters. The first kappa shape index (κ1) is 11.3. The van der Waals surface area contributed by atoms with Crippen LogP contribution < -0.4 is 0 Å². The number of aliphatic hydroxyl groups is 1. The molecule has 0 saturated carbocycles. The first-order chi connectivity index (χ1) is 6.62. The van der Waals surface area contributed by atoms with Crippen LogP contribution in [0.5, 0.6) is 0 Å². The van der Waals surface area contributed by atoms with E-state index in [0.717, 1.165) is 19.3 Å². The summed E-state index contributed by atoms with van der Waals surface area (Å²) in [5.74, 6) is 3.37. The zero-order valence-electron chi connectivity index (χ0n) is 9.21. The highest BCUT2D eigenvalue weighted by Gasteiger charge is 2.31. The van der Waals surface area contributed by atoms with Gasteiger partial charge in [-0.1, -0.05) is 19.9 Å². The third kappa shape index (κ3) is 2.39. The molecule has 0 aromatic rings. The normalized spacial score (nSPS) is 32.1. The molecule has 0 fully saturated rings. The molecule has 1 N–H and O–H groups in total. The van der Waals surface area contributed by atoms with Crippen molar-refractivity contribution in [1.29, 1.82) is 0 Å². The SMILES string of the molecule is C#CCCC1(C)C=C(CO)CCC1C. The number of allylic oxidation sites excluding steroid dienone is 1. The predicted octanol–water partition coefficient (Wildman–Crippen LogP) is 2.75. The van der Waals surface area contributed by atoms with Gasteiger partial charge in [-0.3, -0.25) is 0 Å². The van der Waals surface area contributed by atoms with E-state index in [2.05, 4.69) is 25.8 Å². The van der Waals surface area contributed by atoms with Gasteiger partial charge in [-0.05, 0) is 36.2 Å². The quantitative estimate of drug-likeness (QED) is 0.538. The highest BCUT2D eigenvalue weighted by molar-refractivity contribution is 5.15. The lowest BCUT2D eigenvalue weighted by Gasteiger charge is -2.37. The van der Waals surface area contributed by atoms with Gasteiger partial charge in [0.15, 0.2) is 0 Å². The highest BCUT2D eigenvalue weighted by atomic mass is 16.3. The van der Waals surface area contributed by atoms with Crippen molar-refractivity contribution in [1.82, 2.24) is 0 Å². The molecule has 2 unspecified atom stereocenters. The number of hydrogen-bond acceptors (Lipinski definition) is 1. The smallest absolute Gasteiger partial charge is 0.0641 e. The summed E-state index contributed by atoms with van der Waals surface area (Å²) >= 11 is 0. The van der Waals surface area contributed by atoms with Crippen molar-refractivity contribution in [3.63, 3.8) is 0 Å². The summed E-state index contributed by atoms with van der Waals surface area (Å²) in [6.45, 7) is 4.74. The van der Waals surface area contributed by atoms with E-state index >= 15 is 0 Å². The maximum atomic E-state index is 9.13. The Hall–Kier alpha value is -0.740. The van der Waals surface area contributed by atoms with E-state index in [4.69, 9.17) is 11.5 Å². The van der Waals surface area contributed by atoms with E-state index in [9.17, 15) is 0 Å². The average molecular weight is 192 g/mol. The molecule has 78 valence electrons. The third-order valence-corrected chi connectivity index (χ3v) is 3.57. The summed E-state index contributed by atoms with van der Waals surface area (Å²) in [5, 5.41) is 9.13. The lowest BCUT2D eigenvalue weighted by molar-refractivity contribution is 0.216.